The second-order valence-corrected chi connectivity index (χ2v) is 10.0. The van der Waals surface area contributed by atoms with Gasteiger partial charge in [-0.1, -0.05) is 44.1 Å². The summed E-state index contributed by atoms with van der Waals surface area (Å²) >= 11 is 0. The molecule has 3 saturated carbocycles. The van der Waals surface area contributed by atoms with Gasteiger partial charge in [-0.2, -0.15) is 0 Å². The number of carbonyl (C=O) groups excluding carboxylic acids is 2. The average molecular weight is 387 g/mol. The van der Waals surface area contributed by atoms with Crippen LogP contribution in [0, 0.1) is 34.5 Å². The normalized spacial score (nSPS) is 42.9. The molecular weight excluding hydrogens is 352 g/mol. The summed E-state index contributed by atoms with van der Waals surface area (Å²) in [4.78, 5) is 23.0. The van der Waals surface area contributed by atoms with E-state index in [0.29, 0.717) is 17.8 Å². The van der Waals surface area contributed by atoms with E-state index >= 15 is 0 Å². The quantitative estimate of drug-likeness (QED) is 0.476. The maximum atomic E-state index is 11.5. The van der Waals surface area contributed by atoms with Gasteiger partial charge in [-0.25, -0.2) is 4.79 Å². The van der Waals surface area contributed by atoms with Crippen LogP contribution in [-0.2, 0) is 14.3 Å². The van der Waals surface area contributed by atoms with E-state index in [1.807, 2.05) is 0 Å². The lowest BCUT2D eigenvalue weighted by Crippen LogP contribution is -2.47. The summed E-state index contributed by atoms with van der Waals surface area (Å²) in [7, 11) is 1.36. The number of aldehydes is 1. The molecule has 2 unspecified atom stereocenters. The van der Waals surface area contributed by atoms with Crippen LogP contribution in [0.1, 0.15) is 65.7 Å². The van der Waals surface area contributed by atoms with Gasteiger partial charge >= 0.3 is 6.16 Å². The van der Waals surface area contributed by atoms with Crippen molar-refractivity contribution in [1.82, 2.24) is 0 Å². The number of methoxy groups -OCH3 is 1. The summed E-state index contributed by atoms with van der Waals surface area (Å²) in [6, 6.07) is 0. The van der Waals surface area contributed by atoms with Gasteiger partial charge in [-0.3, -0.25) is 0 Å². The molecule has 0 N–H and O–H groups in total. The van der Waals surface area contributed by atoms with E-state index in [4.69, 9.17) is 4.74 Å². The van der Waals surface area contributed by atoms with E-state index in [2.05, 4.69) is 37.7 Å². The topological polar surface area (TPSA) is 52.6 Å². The molecule has 7 atom stereocenters. The van der Waals surface area contributed by atoms with Gasteiger partial charge < -0.3 is 14.3 Å². The van der Waals surface area contributed by atoms with Gasteiger partial charge in [0.05, 0.1) is 7.11 Å². The van der Waals surface area contributed by atoms with E-state index in [1.54, 1.807) is 5.57 Å². The number of fused-ring (bicyclic) bond motifs is 5. The van der Waals surface area contributed by atoms with Crippen molar-refractivity contribution < 1.29 is 19.1 Å². The molecule has 0 aromatic heterocycles. The molecule has 4 rings (SSSR count). The lowest BCUT2D eigenvalue weighted by Gasteiger charge is -2.55. The first-order valence-corrected chi connectivity index (χ1v) is 10.9. The van der Waals surface area contributed by atoms with Gasteiger partial charge in [0, 0.05) is 12.3 Å². The van der Waals surface area contributed by atoms with E-state index < -0.39 is 6.16 Å². The highest BCUT2D eigenvalue weighted by Crippen LogP contribution is 2.65. The Bertz CT molecular complexity index is 722. The molecule has 154 valence electrons. The van der Waals surface area contributed by atoms with Crippen molar-refractivity contribution in [3.63, 3.8) is 0 Å². The molecule has 0 heterocycles. The fourth-order valence-corrected chi connectivity index (χ4v) is 7.25. The van der Waals surface area contributed by atoms with Crippen molar-refractivity contribution in [1.29, 1.82) is 0 Å². The highest BCUT2D eigenvalue weighted by Gasteiger charge is 2.57. The smallest absolute Gasteiger partial charge is 0.438 e. The van der Waals surface area contributed by atoms with E-state index in [9.17, 15) is 9.59 Å². The predicted molar refractivity (Wildman–Crippen MR) is 108 cm³/mol. The Balaban J connectivity index is 1.60. The van der Waals surface area contributed by atoms with Crippen molar-refractivity contribution in [3.05, 3.63) is 23.3 Å². The zero-order valence-corrected chi connectivity index (χ0v) is 17.7. The number of hydrogen-bond donors (Lipinski definition) is 0. The van der Waals surface area contributed by atoms with Crippen LogP contribution >= 0.6 is 0 Å². The highest BCUT2D eigenvalue weighted by atomic mass is 16.7. The van der Waals surface area contributed by atoms with Gasteiger partial charge in [-0.05, 0) is 67.1 Å². The van der Waals surface area contributed by atoms with E-state index in [0.717, 1.165) is 19.3 Å². The Hall–Kier alpha value is -1.58. The molecule has 0 aromatic rings. The van der Waals surface area contributed by atoms with Crippen molar-refractivity contribution in [3.8, 4) is 0 Å². The summed E-state index contributed by atoms with van der Waals surface area (Å²) < 4.78 is 10.1. The zero-order valence-electron chi connectivity index (χ0n) is 17.7. The maximum absolute atomic E-state index is 11.5. The minimum atomic E-state index is -0.573. The molecule has 0 aliphatic heterocycles. The average Bonchev–Trinajstić information content (AvgIpc) is 3.04. The first-order valence-electron chi connectivity index (χ1n) is 10.9. The van der Waals surface area contributed by atoms with Crippen LogP contribution in [0.4, 0.5) is 4.79 Å². The van der Waals surface area contributed by atoms with Gasteiger partial charge in [0.2, 0.25) is 0 Å². The lowest BCUT2D eigenvalue weighted by atomic mass is 9.50. The summed E-state index contributed by atoms with van der Waals surface area (Å²) in [5, 5.41) is 0. The van der Waals surface area contributed by atoms with Crippen LogP contribution in [0.3, 0.4) is 0 Å². The van der Waals surface area contributed by atoms with Crippen molar-refractivity contribution in [2.45, 2.75) is 71.8 Å². The fraction of sp³-hybridized carbons (Fsp3) is 0.750. The molecular formula is C24H34O4. The van der Waals surface area contributed by atoms with Crippen LogP contribution < -0.4 is 0 Å². The number of ether oxygens (including phenoxy) is 2. The van der Waals surface area contributed by atoms with Crippen molar-refractivity contribution in [2.75, 3.05) is 7.11 Å². The summed E-state index contributed by atoms with van der Waals surface area (Å²) in [5.74, 6) is 1.87. The third-order valence-corrected chi connectivity index (χ3v) is 8.88. The molecule has 0 spiro atoms. The van der Waals surface area contributed by atoms with E-state index in [1.165, 1.54) is 44.7 Å². The number of allylic oxidation sites excluding steroid dienone is 3. The van der Waals surface area contributed by atoms with Crippen LogP contribution in [0.2, 0.25) is 0 Å². The zero-order chi connectivity index (χ0) is 20.1. The summed E-state index contributed by atoms with van der Waals surface area (Å²) in [6.45, 7) is 6.97. The molecule has 4 nitrogen and oxygen atoms in total. The van der Waals surface area contributed by atoms with Crippen LogP contribution in [0.15, 0.2) is 23.3 Å². The Labute approximate surface area is 168 Å². The van der Waals surface area contributed by atoms with Crippen LogP contribution in [0.5, 0.6) is 0 Å². The molecule has 4 aliphatic carbocycles. The van der Waals surface area contributed by atoms with Crippen molar-refractivity contribution in [2.24, 2.45) is 34.5 Å². The molecule has 0 saturated heterocycles. The Morgan fingerprint density at radius 2 is 1.93 bits per heavy atom. The summed E-state index contributed by atoms with van der Waals surface area (Å²) in [6.07, 6.45) is 12.8. The van der Waals surface area contributed by atoms with E-state index in [-0.39, 0.29) is 22.9 Å². The SMILES string of the molecule is COC(=O)OC1CC[C@@]2(C)C(=CC=C3[C@@H]4CC[C@H](C(C)C=O)[C@@]4(C)CC[C@@H]32)C1. The lowest BCUT2D eigenvalue weighted by molar-refractivity contribution is -0.113. The molecule has 28 heavy (non-hydrogen) atoms. The third kappa shape index (κ3) is 2.86. The molecule has 0 radical (unpaired) electrons. The maximum Gasteiger partial charge on any atom is 0.508 e. The molecule has 0 aromatic carbocycles. The second kappa shape index (κ2) is 7.03. The highest BCUT2D eigenvalue weighted by molar-refractivity contribution is 5.60. The molecule has 4 heteroatoms. The van der Waals surface area contributed by atoms with Crippen LogP contribution in [0.25, 0.3) is 0 Å². The standard InChI is InChI=1S/C24H34O4/c1-15(14-25)19-7-8-20-18-6-5-16-13-17(28-22(26)27-4)9-11-23(16,2)21(18)10-12-24(19,20)3/h5-6,14-15,17,19-21H,7-13H2,1-4H3/t15?,17?,19-,20+,21+,23+,24-/m1/s1. The first-order chi connectivity index (χ1) is 13.3. The monoisotopic (exact) mass is 386 g/mol. The largest absolute Gasteiger partial charge is 0.508 e. The molecule has 0 bridgehead atoms. The van der Waals surface area contributed by atoms with Gasteiger partial charge in [-0.15, -0.1) is 0 Å². The number of rotatable bonds is 3. The predicted octanol–water partition coefficient (Wildman–Crippen LogP) is 5.47. The number of carbonyl (C=O) groups is 2. The summed E-state index contributed by atoms with van der Waals surface area (Å²) in [5.41, 5.74) is 3.50. The Morgan fingerprint density at radius 3 is 2.64 bits per heavy atom. The van der Waals surface area contributed by atoms with Gasteiger partial charge in [0.1, 0.15) is 12.4 Å². The minimum absolute atomic E-state index is 0.0696. The second-order valence-electron chi connectivity index (χ2n) is 10.0. The molecule has 3 fully saturated rings. The van der Waals surface area contributed by atoms with Gasteiger partial charge in [0.25, 0.3) is 0 Å². The third-order valence-electron chi connectivity index (χ3n) is 8.88. The Kier molecular flexibility index (Phi) is 4.96. The fourth-order valence-electron chi connectivity index (χ4n) is 7.25. The van der Waals surface area contributed by atoms with Gasteiger partial charge in [0.15, 0.2) is 0 Å². The Morgan fingerprint density at radius 1 is 1.14 bits per heavy atom. The number of hydrogen-bond acceptors (Lipinski definition) is 4. The minimum Gasteiger partial charge on any atom is -0.438 e. The van der Waals surface area contributed by atoms with Crippen molar-refractivity contribution >= 4 is 12.4 Å². The molecule has 0 amide bonds. The first kappa shape index (κ1) is 19.7. The molecule has 4 aliphatic rings. The van der Waals surface area contributed by atoms with Crippen LogP contribution in [-0.4, -0.2) is 25.7 Å².